The highest BCUT2D eigenvalue weighted by Crippen LogP contribution is 2.35. The summed E-state index contributed by atoms with van der Waals surface area (Å²) in [6, 6.07) is 7.87. The number of carbonyl (C=O) groups excluding carboxylic acids is 2. The van der Waals surface area contributed by atoms with Gasteiger partial charge in [-0.25, -0.2) is 4.98 Å². The van der Waals surface area contributed by atoms with Crippen LogP contribution in [-0.4, -0.2) is 46.2 Å². The lowest BCUT2D eigenvalue weighted by molar-refractivity contribution is -0.133. The summed E-state index contributed by atoms with van der Waals surface area (Å²) in [6.45, 7) is 0.688. The van der Waals surface area contributed by atoms with Gasteiger partial charge in [-0.1, -0.05) is 25.0 Å². The first kappa shape index (κ1) is 19.8. The lowest BCUT2D eigenvalue weighted by atomic mass is 9.85. The minimum absolute atomic E-state index is 0. The summed E-state index contributed by atoms with van der Waals surface area (Å²) in [7, 11) is 0. The molecule has 28 heavy (non-hydrogen) atoms. The third kappa shape index (κ3) is 3.46. The number of hydrogen-bond donors (Lipinski definition) is 1. The summed E-state index contributed by atoms with van der Waals surface area (Å²) in [5.74, 6) is 0.771. The van der Waals surface area contributed by atoms with E-state index in [4.69, 9.17) is 0 Å². The van der Waals surface area contributed by atoms with Crippen molar-refractivity contribution >= 4 is 45.7 Å². The summed E-state index contributed by atoms with van der Waals surface area (Å²) in [5.41, 5.74) is 0.864. The van der Waals surface area contributed by atoms with E-state index >= 15 is 0 Å². The van der Waals surface area contributed by atoms with E-state index in [1.165, 1.54) is 37.0 Å². The normalized spacial score (nSPS) is 29.5. The van der Waals surface area contributed by atoms with Crippen LogP contribution in [0.5, 0.6) is 0 Å². The first-order valence-electron chi connectivity index (χ1n) is 10.2. The maximum atomic E-state index is 13.2. The predicted octanol–water partition coefficient (Wildman–Crippen LogP) is 3.81. The fourth-order valence-electron chi connectivity index (χ4n) is 5.13. The second-order valence-corrected chi connectivity index (χ2v) is 9.18. The van der Waals surface area contributed by atoms with Gasteiger partial charge >= 0.3 is 0 Å². The van der Waals surface area contributed by atoms with Gasteiger partial charge in [-0.3, -0.25) is 9.59 Å². The Kier molecular flexibility index (Phi) is 5.72. The number of nitrogens with one attached hydrogen (secondary N) is 1. The molecule has 3 fully saturated rings. The zero-order valence-electron chi connectivity index (χ0n) is 15.8. The molecule has 0 bridgehead atoms. The Hall–Kier alpha value is -1.50. The number of nitrogens with zero attached hydrogens (tertiary/aromatic N) is 2. The van der Waals surface area contributed by atoms with Crippen molar-refractivity contribution < 1.29 is 9.59 Å². The molecule has 1 aliphatic carbocycles. The molecule has 1 aromatic heterocycles. The van der Waals surface area contributed by atoms with Crippen LogP contribution >= 0.6 is 23.7 Å². The topological polar surface area (TPSA) is 62.3 Å². The molecule has 3 heterocycles. The molecule has 0 spiro atoms. The van der Waals surface area contributed by atoms with Crippen molar-refractivity contribution in [3.05, 3.63) is 29.3 Å². The van der Waals surface area contributed by atoms with Crippen molar-refractivity contribution in [1.29, 1.82) is 0 Å². The molecule has 0 unspecified atom stereocenters. The number of halogens is 1. The number of rotatable bonds is 3. The number of benzene rings is 1. The zero-order chi connectivity index (χ0) is 18.4. The number of Topliss-reactive ketones (excluding diaryl/α,β-unsaturated/α-hetero) is 1. The number of likely N-dealkylation sites (tertiary alicyclic amines) is 1. The minimum atomic E-state index is -0.345. The standard InChI is InChI=1S/C21H25N3O2S.ClH/c25-19(20-23-15-8-3-4-10-18(15)27-20)17-9-5-11-24(17)21(26)16-12-13-6-1-2-7-14(13)22-16;/h3-4,8,10,13-14,16-17,22H,1-2,5-7,9,11-12H2;1H/t13-,14-,16-,17-;/m0./s1. The van der Waals surface area contributed by atoms with Crippen LogP contribution in [0.4, 0.5) is 0 Å². The van der Waals surface area contributed by atoms with E-state index in [2.05, 4.69) is 10.3 Å². The Morgan fingerprint density at radius 3 is 2.75 bits per heavy atom. The molecule has 1 amide bonds. The molecule has 4 atom stereocenters. The van der Waals surface area contributed by atoms with Gasteiger partial charge in [0.05, 0.1) is 22.3 Å². The van der Waals surface area contributed by atoms with Gasteiger partial charge in [0.25, 0.3) is 0 Å². The van der Waals surface area contributed by atoms with Crippen LogP contribution in [0.1, 0.15) is 54.7 Å². The van der Waals surface area contributed by atoms with E-state index in [1.807, 2.05) is 29.2 Å². The molecule has 1 aromatic carbocycles. The van der Waals surface area contributed by atoms with E-state index in [1.54, 1.807) is 0 Å². The largest absolute Gasteiger partial charge is 0.331 e. The van der Waals surface area contributed by atoms with E-state index in [-0.39, 0.29) is 36.2 Å². The minimum Gasteiger partial charge on any atom is -0.331 e. The second-order valence-electron chi connectivity index (χ2n) is 8.15. The van der Waals surface area contributed by atoms with Crippen molar-refractivity contribution in [2.75, 3.05) is 6.54 Å². The van der Waals surface area contributed by atoms with Gasteiger partial charge in [-0.05, 0) is 50.2 Å². The molecular weight excluding hydrogens is 394 g/mol. The van der Waals surface area contributed by atoms with Crippen LogP contribution in [0.3, 0.4) is 0 Å². The van der Waals surface area contributed by atoms with Crippen molar-refractivity contribution in [3.63, 3.8) is 0 Å². The maximum Gasteiger partial charge on any atom is 0.240 e. The molecule has 5 rings (SSSR count). The molecule has 2 aliphatic heterocycles. The van der Waals surface area contributed by atoms with Gasteiger partial charge in [-0.2, -0.15) is 0 Å². The highest BCUT2D eigenvalue weighted by atomic mass is 35.5. The maximum absolute atomic E-state index is 13.2. The molecule has 1 saturated carbocycles. The van der Waals surface area contributed by atoms with Crippen molar-refractivity contribution in [1.82, 2.24) is 15.2 Å². The van der Waals surface area contributed by atoms with Gasteiger partial charge < -0.3 is 10.2 Å². The number of amides is 1. The fourth-order valence-corrected chi connectivity index (χ4v) is 6.09. The van der Waals surface area contributed by atoms with E-state index in [0.717, 1.165) is 29.5 Å². The van der Waals surface area contributed by atoms with Gasteiger partial charge in [0.15, 0.2) is 5.01 Å². The molecule has 3 aliphatic rings. The van der Waals surface area contributed by atoms with Gasteiger partial charge in [0, 0.05) is 12.6 Å². The number of hydrogen-bond acceptors (Lipinski definition) is 5. The van der Waals surface area contributed by atoms with E-state index in [9.17, 15) is 9.59 Å². The molecule has 7 heteroatoms. The summed E-state index contributed by atoms with van der Waals surface area (Å²) < 4.78 is 1.03. The number of fused-ring (bicyclic) bond motifs is 2. The lowest BCUT2D eigenvalue weighted by Gasteiger charge is -2.26. The summed E-state index contributed by atoms with van der Waals surface area (Å²) in [5, 5.41) is 4.11. The van der Waals surface area contributed by atoms with Crippen molar-refractivity contribution in [2.24, 2.45) is 5.92 Å². The van der Waals surface area contributed by atoms with Crippen LogP contribution in [0.2, 0.25) is 0 Å². The number of aromatic nitrogens is 1. The van der Waals surface area contributed by atoms with Crippen LogP contribution in [0.25, 0.3) is 10.2 Å². The summed E-state index contributed by atoms with van der Waals surface area (Å²) >= 11 is 1.44. The quantitative estimate of drug-likeness (QED) is 0.768. The SMILES string of the molecule is Cl.O=C(c1nc2ccccc2s1)[C@@H]1CCCN1C(=O)[C@@H]1C[C@@H]2CCCC[C@@H]2N1. The third-order valence-electron chi connectivity index (χ3n) is 6.50. The fraction of sp³-hybridized carbons (Fsp3) is 0.571. The molecule has 150 valence electrons. The summed E-state index contributed by atoms with van der Waals surface area (Å²) in [6.07, 6.45) is 7.54. The second kappa shape index (κ2) is 8.09. The lowest BCUT2D eigenvalue weighted by Crippen LogP contribution is -2.49. The van der Waals surface area contributed by atoms with Crippen LogP contribution < -0.4 is 5.32 Å². The molecule has 0 radical (unpaired) electrons. The molecule has 1 N–H and O–H groups in total. The Labute approximate surface area is 175 Å². The number of thiazole rings is 1. The van der Waals surface area contributed by atoms with Crippen molar-refractivity contribution in [3.8, 4) is 0 Å². The smallest absolute Gasteiger partial charge is 0.240 e. The predicted molar refractivity (Wildman–Crippen MR) is 113 cm³/mol. The Bertz CT molecular complexity index is 838. The van der Waals surface area contributed by atoms with E-state index < -0.39 is 0 Å². The molecule has 5 nitrogen and oxygen atoms in total. The number of ketones is 1. The zero-order valence-corrected chi connectivity index (χ0v) is 17.4. The Morgan fingerprint density at radius 2 is 1.93 bits per heavy atom. The van der Waals surface area contributed by atoms with Gasteiger partial charge in [0.1, 0.15) is 0 Å². The first-order chi connectivity index (χ1) is 13.2. The Morgan fingerprint density at radius 1 is 1.11 bits per heavy atom. The van der Waals surface area contributed by atoms with Crippen molar-refractivity contribution in [2.45, 2.75) is 63.1 Å². The molecule has 2 aromatic rings. The number of para-hydroxylation sites is 1. The third-order valence-corrected chi connectivity index (χ3v) is 7.56. The molecule has 2 saturated heterocycles. The van der Waals surface area contributed by atoms with Crippen LogP contribution in [-0.2, 0) is 4.79 Å². The highest BCUT2D eigenvalue weighted by Gasteiger charge is 2.43. The monoisotopic (exact) mass is 419 g/mol. The molecular formula is C21H26ClN3O2S. The average molecular weight is 420 g/mol. The van der Waals surface area contributed by atoms with E-state index in [0.29, 0.717) is 23.5 Å². The average Bonchev–Trinajstić information content (AvgIpc) is 3.43. The number of carbonyl (C=O) groups is 2. The Balaban J connectivity index is 0.00000192. The summed E-state index contributed by atoms with van der Waals surface area (Å²) in [4.78, 5) is 32.7. The first-order valence-corrected chi connectivity index (χ1v) is 11.0. The highest BCUT2D eigenvalue weighted by molar-refractivity contribution is 7.20. The van der Waals surface area contributed by atoms with Crippen LogP contribution in [0.15, 0.2) is 24.3 Å². The van der Waals surface area contributed by atoms with Gasteiger partial charge in [0.2, 0.25) is 11.7 Å². The van der Waals surface area contributed by atoms with Gasteiger partial charge in [-0.15, -0.1) is 23.7 Å². The van der Waals surface area contributed by atoms with Crippen LogP contribution in [0, 0.1) is 5.92 Å².